The van der Waals surface area contributed by atoms with Gasteiger partial charge in [-0.25, -0.2) is 4.39 Å². The van der Waals surface area contributed by atoms with Crippen LogP contribution in [0.5, 0.6) is 0 Å². The normalized spacial score (nSPS) is 10.2. The second-order valence-corrected chi connectivity index (χ2v) is 4.02. The van der Waals surface area contributed by atoms with Gasteiger partial charge in [0.05, 0.1) is 10.7 Å². The van der Waals surface area contributed by atoms with Gasteiger partial charge >= 0.3 is 0 Å². The van der Waals surface area contributed by atoms with Gasteiger partial charge in [-0.05, 0) is 37.3 Å². The van der Waals surface area contributed by atoms with Crippen molar-refractivity contribution in [2.75, 3.05) is 5.32 Å². The molecule has 0 unspecified atom stereocenters. The van der Waals surface area contributed by atoms with Crippen LogP contribution >= 0.6 is 11.6 Å². The van der Waals surface area contributed by atoms with Crippen molar-refractivity contribution in [3.8, 4) is 0 Å². The summed E-state index contributed by atoms with van der Waals surface area (Å²) in [6.45, 7) is 2.02. The fourth-order valence-corrected chi connectivity index (χ4v) is 1.60. The van der Waals surface area contributed by atoms with Crippen LogP contribution in [0.1, 0.15) is 5.56 Å². The summed E-state index contributed by atoms with van der Waals surface area (Å²) in [4.78, 5) is 0. The highest BCUT2D eigenvalue weighted by Gasteiger charge is 2.01. The van der Waals surface area contributed by atoms with Gasteiger partial charge in [-0.2, -0.15) is 0 Å². The average molecular weight is 236 g/mol. The Hall–Kier alpha value is -1.54. The minimum absolute atomic E-state index is 0.334. The highest BCUT2D eigenvalue weighted by Crippen LogP contribution is 2.26. The lowest BCUT2D eigenvalue weighted by molar-refractivity contribution is 0.628. The maximum atomic E-state index is 12.8. The molecule has 0 aromatic heterocycles. The number of nitrogens with one attached hydrogen (secondary N) is 1. The standard InChI is InChI=1S/C13H11ClFN/c1-9-2-5-11(6-3-9)16-13-7-4-10(15)8-12(13)14/h2-8,16H,1H3. The molecule has 0 atom stereocenters. The van der Waals surface area contributed by atoms with E-state index in [1.54, 1.807) is 6.07 Å². The van der Waals surface area contributed by atoms with Crippen molar-refractivity contribution in [2.45, 2.75) is 6.92 Å². The van der Waals surface area contributed by atoms with Gasteiger partial charge < -0.3 is 5.32 Å². The average Bonchev–Trinajstić information content (AvgIpc) is 2.25. The second kappa shape index (κ2) is 4.54. The van der Waals surface area contributed by atoms with Crippen LogP contribution < -0.4 is 5.32 Å². The number of anilines is 2. The maximum absolute atomic E-state index is 12.8. The van der Waals surface area contributed by atoms with Gasteiger partial charge in [0.15, 0.2) is 0 Å². The second-order valence-electron chi connectivity index (χ2n) is 3.62. The number of hydrogen-bond donors (Lipinski definition) is 1. The Morgan fingerprint density at radius 3 is 2.38 bits per heavy atom. The fourth-order valence-electron chi connectivity index (χ4n) is 1.38. The van der Waals surface area contributed by atoms with E-state index >= 15 is 0 Å². The van der Waals surface area contributed by atoms with Gasteiger partial charge in [0.1, 0.15) is 5.82 Å². The van der Waals surface area contributed by atoms with Crippen LogP contribution in [0.15, 0.2) is 42.5 Å². The molecule has 82 valence electrons. The van der Waals surface area contributed by atoms with E-state index in [2.05, 4.69) is 5.32 Å². The van der Waals surface area contributed by atoms with E-state index in [1.165, 1.54) is 17.7 Å². The Morgan fingerprint density at radius 1 is 1.06 bits per heavy atom. The lowest BCUT2D eigenvalue weighted by Gasteiger charge is -2.08. The molecule has 0 bridgehead atoms. The van der Waals surface area contributed by atoms with Crippen molar-refractivity contribution in [2.24, 2.45) is 0 Å². The molecule has 0 saturated carbocycles. The minimum Gasteiger partial charge on any atom is -0.354 e. The third-order valence-electron chi connectivity index (χ3n) is 2.26. The zero-order chi connectivity index (χ0) is 11.5. The van der Waals surface area contributed by atoms with E-state index in [-0.39, 0.29) is 5.82 Å². The lowest BCUT2D eigenvalue weighted by atomic mass is 10.2. The van der Waals surface area contributed by atoms with Crippen molar-refractivity contribution in [1.29, 1.82) is 0 Å². The number of benzene rings is 2. The first-order valence-corrected chi connectivity index (χ1v) is 5.32. The first-order valence-electron chi connectivity index (χ1n) is 4.94. The highest BCUT2D eigenvalue weighted by atomic mass is 35.5. The molecule has 2 aromatic carbocycles. The number of rotatable bonds is 2. The molecule has 0 aliphatic carbocycles. The topological polar surface area (TPSA) is 12.0 Å². The van der Waals surface area contributed by atoms with Crippen LogP contribution in [0.25, 0.3) is 0 Å². The molecule has 0 spiro atoms. The maximum Gasteiger partial charge on any atom is 0.124 e. The van der Waals surface area contributed by atoms with Gasteiger partial charge in [0.25, 0.3) is 0 Å². The third-order valence-corrected chi connectivity index (χ3v) is 2.57. The number of halogens is 2. The summed E-state index contributed by atoms with van der Waals surface area (Å²) in [5, 5.41) is 3.50. The van der Waals surface area contributed by atoms with Crippen molar-refractivity contribution in [3.05, 3.63) is 58.9 Å². The quantitative estimate of drug-likeness (QED) is 0.806. The first kappa shape index (κ1) is 11.0. The molecular weight excluding hydrogens is 225 g/mol. The molecule has 1 nitrogen and oxygen atoms in total. The van der Waals surface area contributed by atoms with Crippen LogP contribution in [-0.2, 0) is 0 Å². The van der Waals surface area contributed by atoms with E-state index in [0.29, 0.717) is 10.7 Å². The Labute approximate surface area is 98.9 Å². The summed E-state index contributed by atoms with van der Waals surface area (Å²) in [6, 6.07) is 12.2. The van der Waals surface area contributed by atoms with Crippen LogP contribution in [0.2, 0.25) is 5.02 Å². The van der Waals surface area contributed by atoms with E-state index in [0.717, 1.165) is 5.69 Å². The number of aryl methyl sites for hydroxylation is 1. The van der Waals surface area contributed by atoms with Crippen LogP contribution in [0.4, 0.5) is 15.8 Å². The van der Waals surface area contributed by atoms with Gasteiger partial charge in [0.2, 0.25) is 0 Å². The fraction of sp³-hybridized carbons (Fsp3) is 0.0769. The summed E-state index contributed by atoms with van der Waals surface area (Å²) >= 11 is 5.91. The first-order chi connectivity index (χ1) is 7.65. The Balaban J connectivity index is 2.23. The molecule has 2 aromatic rings. The molecule has 0 amide bonds. The smallest absolute Gasteiger partial charge is 0.124 e. The lowest BCUT2D eigenvalue weighted by Crippen LogP contribution is -1.91. The van der Waals surface area contributed by atoms with Crippen molar-refractivity contribution in [3.63, 3.8) is 0 Å². The van der Waals surface area contributed by atoms with Gasteiger partial charge in [-0.1, -0.05) is 29.3 Å². The molecule has 0 radical (unpaired) electrons. The molecule has 2 rings (SSSR count). The van der Waals surface area contributed by atoms with Crippen molar-refractivity contribution >= 4 is 23.0 Å². The monoisotopic (exact) mass is 235 g/mol. The molecule has 16 heavy (non-hydrogen) atoms. The van der Waals surface area contributed by atoms with Gasteiger partial charge in [-0.3, -0.25) is 0 Å². The predicted octanol–water partition coefficient (Wildman–Crippen LogP) is 4.53. The van der Waals surface area contributed by atoms with Gasteiger partial charge in [0, 0.05) is 5.69 Å². The Morgan fingerprint density at radius 2 is 1.75 bits per heavy atom. The molecule has 3 heteroatoms. The molecule has 0 aliphatic rings. The van der Waals surface area contributed by atoms with Crippen LogP contribution in [0.3, 0.4) is 0 Å². The van der Waals surface area contributed by atoms with E-state index in [9.17, 15) is 4.39 Å². The zero-order valence-electron chi connectivity index (χ0n) is 8.80. The number of hydrogen-bond acceptors (Lipinski definition) is 1. The summed E-state index contributed by atoms with van der Waals surface area (Å²) in [7, 11) is 0. The van der Waals surface area contributed by atoms with Crippen molar-refractivity contribution < 1.29 is 4.39 Å². The SMILES string of the molecule is Cc1ccc(Nc2ccc(F)cc2Cl)cc1. The van der Waals surface area contributed by atoms with Crippen LogP contribution in [-0.4, -0.2) is 0 Å². The molecule has 0 fully saturated rings. The van der Waals surface area contributed by atoms with Crippen LogP contribution in [0, 0.1) is 12.7 Å². The predicted molar refractivity (Wildman–Crippen MR) is 65.9 cm³/mol. The Bertz CT molecular complexity index is 494. The summed E-state index contributed by atoms with van der Waals surface area (Å²) < 4.78 is 12.8. The van der Waals surface area contributed by atoms with E-state index in [1.807, 2.05) is 31.2 Å². The molecular formula is C13H11ClFN. The molecule has 0 saturated heterocycles. The van der Waals surface area contributed by atoms with E-state index in [4.69, 9.17) is 11.6 Å². The van der Waals surface area contributed by atoms with E-state index < -0.39 is 0 Å². The third kappa shape index (κ3) is 2.52. The summed E-state index contributed by atoms with van der Waals surface area (Å²) in [5.74, 6) is -0.334. The summed E-state index contributed by atoms with van der Waals surface area (Å²) in [6.07, 6.45) is 0. The largest absolute Gasteiger partial charge is 0.354 e. The Kier molecular flexibility index (Phi) is 3.11. The van der Waals surface area contributed by atoms with Crippen molar-refractivity contribution in [1.82, 2.24) is 0 Å². The van der Waals surface area contributed by atoms with Gasteiger partial charge in [-0.15, -0.1) is 0 Å². The summed E-state index contributed by atoms with van der Waals surface area (Å²) in [5.41, 5.74) is 2.82. The zero-order valence-corrected chi connectivity index (χ0v) is 9.55. The molecule has 0 aliphatic heterocycles. The highest BCUT2D eigenvalue weighted by molar-refractivity contribution is 6.33. The minimum atomic E-state index is -0.334. The molecule has 1 N–H and O–H groups in total. The molecule has 0 heterocycles.